The predicted octanol–water partition coefficient (Wildman–Crippen LogP) is 4.35. The van der Waals surface area contributed by atoms with Crippen molar-refractivity contribution in [2.24, 2.45) is 0 Å². The highest BCUT2D eigenvalue weighted by Gasteiger charge is 2.38. The van der Waals surface area contributed by atoms with Gasteiger partial charge in [0.15, 0.2) is 0 Å². The largest absolute Gasteiger partial charge is 0.492 e. The molecule has 1 atom stereocenters. The maximum Gasteiger partial charge on any atom is 0.416 e. The average molecular weight is 673 g/mol. The number of ether oxygens (including phenoxy) is 1. The molecule has 3 aromatic carbocycles. The van der Waals surface area contributed by atoms with Gasteiger partial charge in [0.05, 0.1) is 25.2 Å². The number of aromatic nitrogens is 3. The Labute approximate surface area is 273 Å². The fourth-order valence-corrected chi connectivity index (χ4v) is 5.53. The van der Waals surface area contributed by atoms with Crippen molar-refractivity contribution < 1.29 is 41.4 Å². The molecule has 1 aliphatic heterocycles. The molecule has 0 radical (unpaired) electrons. The SMILES string of the molecule is CC(=O)N1CCN(c2ccc(OCCN(CC(O)(Cn3cncn3)c3ccc(F)cc3F)C(=O)c3ccc(C(F)(F)F)cc3)cc2)CC1. The molecule has 2 heterocycles. The highest BCUT2D eigenvalue weighted by molar-refractivity contribution is 5.94. The number of anilines is 1. The summed E-state index contributed by atoms with van der Waals surface area (Å²) in [4.78, 5) is 34.3. The van der Waals surface area contributed by atoms with Crippen LogP contribution in [0.3, 0.4) is 0 Å². The maximum absolute atomic E-state index is 15.1. The molecule has 1 saturated heterocycles. The van der Waals surface area contributed by atoms with Crippen LogP contribution in [0.2, 0.25) is 0 Å². The Morgan fingerprint density at radius 1 is 0.958 bits per heavy atom. The van der Waals surface area contributed by atoms with Crippen molar-refractivity contribution >= 4 is 17.5 Å². The number of alkyl halides is 3. The number of halogens is 5. The zero-order chi connectivity index (χ0) is 34.5. The van der Waals surface area contributed by atoms with E-state index in [9.17, 15) is 32.3 Å². The number of benzene rings is 3. The van der Waals surface area contributed by atoms with Gasteiger partial charge in [-0.15, -0.1) is 0 Å². The van der Waals surface area contributed by atoms with Gasteiger partial charge in [0, 0.05) is 56.0 Å². The summed E-state index contributed by atoms with van der Waals surface area (Å²) in [6.45, 7) is 2.88. The van der Waals surface area contributed by atoms with Gasteiger partial charge in [-0.25, -0.2) is 18.4 Å². The Kier molecular flexibility index (Phi) is 10.3. The van der Waals surface area contributed by atoms with Crippen LogP contribution in [0.5, 0.6) is 5.75 Å². The van der Waals surface area contributed by atoms with Crippen molar-refractivity contribution in [1.29, 1.82) is 0 Å². The number of carbonyl (C=O) groups is 2. The smallest absolute Gasteiger partial charge is 0.416 e. The van der Waals surface area contributed by atoms with Crippen molar-refractivity contribution in [2.45, 2.75) is 25.2 Å². The van der Waals surface area contributed by atoms with Crippen LogP contribution in [0.25, 0.3) is 0 Å². The van der Waals surface area contributed by atoms with E-state index >= 15 is 4.39 Å². The topological polar surface area (TPSA) is 104 Å². The van der Waals surface area contributed by atoms with Crippen LogP contribution in [-0.4, -0.2) is 87.4 Å². The summed E-state index contributed by atoms with van der Waals surface area (Å²) < 4.78 is 75.6. The van der Waals surface area contributed by atoms with Crippen LogP contribution >= 0.6 is 0 Å². The van der Waals surface area contributed by atoms with Gasteiger partial charge in [0.2, 0.25) is 5.91 Å². The number of hydrogen-bond donors (Lipinski definition) is 1. The molecule has 15 heteroatoms. The van der Waals surface area contributed by atoms with Crippen LogP contribution in [0.1, 0.15) is 28.4 Å². The average Bonchev–Trinajstić information content (AvgIpc) is 3.56. The fraction of sp³-hybridized carbons (Fsp3) is 0.333. The van der Waals surface area contributed by atoms with Gasteiger partial charge in [-0.3, -0.25) is 9.59 Å². The Morgan fingerprint density at radius 2 is 1.65 bits per heavy atom. The Balaban J connectivity index is 1.36. The maximum atomic E-state index is 15.1. The number of rotatable bonds is 11. The molecule has 10 nitrogen and oxygen atoms in total. The molecule has 0 spiro atoms. The van der Waals surface area contributed by atoms with E-state index in [2.05, 4.69) is 15.0 Å². The van der Waals surface area contributed by atoms with Crippen molar-refractivity contribution in [1.82, 2.24) is 24.6 Å². The summed E-state index contributed by atoms with van der Waals surface area (Å²) in [6.07, 6.45) is -2.16. The molecule has 1 N–H and O–H groups in total. The molecule has 1 aromatic heterocycles. The van der Waals surface area contributed by atoms with Crippen molar-refractivity contribution in [3.8, 4) is 5.75 Å². The Morgan fingerprint density at radius 3 is 2.23 bits per heavy atom. The van der Waals surface area contributed by atoms with Crippen LogP contribution in [0.15, 0.2) is 79.4 Å². The first-order valence-electron chi connectivity index (χ1n) is 15.0. The monoisotopic (exact) mass is 672 g/mol. The molecular weight excluding hydrogens is 639 g/mol. The van der Waals surface area contributed by atoms with Gasteiger partial charge in [-0.1, -0.05) is 6.07 Å². The summed E-state index contributed by atoms with van der Waals surface area (Å²) in [7, 11) is 0. The lowest BCUT2D eigenvalue weighted by atomic mass is 9.92. The van der Waals surface area contributed by atoms with E-state index in [1.165, 1.54) is 17.3 Å². The normalized spacial score (nSPS) is 14.8. The van der Waals surface area contributed by atoms with Gasteiger partial charge >= 0.3 is 6.18 Å². The fourth-order valence-electron chi connectivity index (χ4n) is 5.53. The molecule has 5 rings (SSSR count). The lowest BCUT2D eigenvalue weighted by Gasteiger charge is -2.35. The van der Waals surface area contributed by atoms with Crippen molar-refractivity contribution in [3.05, 3.63) is 108 Å². The van der Waals surface area contributed by atoms with Crippen LogP contribution in [-0.2, 0) is 23.1 Å². The lowest BCUT2D eigenvalue weighted by molar-refractivity contribution is -0.137. The van der Waals surface area contributed by atoms with Gasteiger partial charge < -0.3 is 24.5 Å². The Bertz CT molecular complexity index is 1700. The van der Waals surface area contributed by atoms with Crippen LogP contribution in [0, 0.1) is 11.6 Å². The molecular formula is C33H33F5N6O4. The zero-order valence-electron chi connectivity index (χ0n) is 25.9. The second kappa shape index (κ2) is 14.4. The summed E-state index contributed by atoms with van der Waals surface area (Å²) in [6, 6.07) is 13.4. The minimum Gasteiger partial charge on any atom is -0.492 e. The number of hydrogen-bond acceptors (Lipinski definition) is 7. The van der Waals surface area contributed by atoms with E-state index in [-0.39, 0.29) is 30.2 Å². The van der Waals surface area contributed by atoms with E-state index in [4.69, 9.17) is 4.74 Å². The summed E-state index contributed by atoms with van der Waals surface area (Å²) in [5.41, 5.74) is -2.63. The molecule has 4 aromatic rings. The second-order valence-corrected chi connectivity index (χ2v) is 11.4. The van der Waals surface area contributed by atoms with E-state index in [0.717, 1.165) is 47.0 Å². The Hall–Kier alpha value is -5.05. The minimum atomic E-state index is -4.62. The van der Waals surface area contributed by atoms with Gasteiger partial charge in [-0.05, 0) is 54.6 Å². The second-order valence-electron chi connectivity index (χ2n) is 11.4. The highest BCUT2D eigenvalue weighted by atomic mass is 19.4. The zero-order valence-corrected chi connectivity index (χ0v) is 25.9. The molecule has 1 aliphatic rings. The van der Waals surface area contributed by atoms with Gasteiger partial charge in [-0.2, -0.15) is 18.3 Å². The molecule has 254 valence electrons. The number of amides is 2. The molecule has 2 amide bonds. The molecule has 48 heavy (non-hydrogen) atoms. The third-order valence-corrected chi connectivity index (χ3v) is 8.08. The van der Waals surface area contributed by atoms with Crippen molar-refractivity contribution in [2.75, 3.05) is 50.8 Å². The number of piperazine rings is 1. The summed E-state index contributed by atoms with van der Waals surface area (Å²) >= 11 is 0. The lowest BCUT2D eigenvalue weighted by Crippen LogP contribution is -2.48. The highest BCUT2D eigenvalue weighted by Crippen LogP contribution is 2.31. The first-order valence-corrected chi connectivity index (χ1v) is 15.0. The number of carbonyl (C=O) groups excluding carboxylic acids is 2. The van der Waals surface area contributed by atoms with E-state index < -0.39 is 48.0 Å². The van der Waals surface area contributed by atoms with Crippen molar-refractivity contribution in [3.63, 3.8) is 0 Å². The molecule has 0 saturated carbocycles. The minimum absolute atomic E-state index is 0.0314. The van der Waals surface area contributed by atoms with E-state index in [1.54, 1.807) is 24.0 Å². The molecule has 1 fully saturated rings. The van der Waals surface area contributed by atoms with E-state index in [1.807, 2.05) is 12.1 Å². The third-order valence-electron chi connectivity index (χ3n) is 8.08. The first-order chi connectivity index (χ1) is 22.8. The number of aliphatic hydroxyl groups is 1. The summed E-state index contributed by atoms with van der Waals surface area (Å²) in [5.74, 6) is -2.21. The molecule has 1 unspecified atom stereocenters. The first kappa shape index (κ1) is 34.3. The molecule has 0 aliphatic carbocycles. The van der Waals surface area contributed by atoms with Crippen LogP contribution < -0.4 is 9.64 Å². The summed E-state index contributed by atoms with van der Waals surface area (Å²) in [5, 5.41) is 15.9. The van der Waals surface area contributed by atoms with Gasteiger partial charge in [0.1, 0.15) is 42.2 Å². The van der Waals surface area contributed by atoms with Crippen LogP contribution in [0.4, 0.5) is 27.6 Å². The molecule has 0 bridgehead atoms. The predicted molar refractivity (Wildman–Crippen MR) is 164 cm³/mol. The third kappa shape index (κ3) is 8.26. The quantitative estimate of drug-likeness (QED) is 0.237. The standard InChI is InChI=1S/C33H33F5N6O4/c1-23(45)41-12-14-42(15-13-41)27-7-9-28(10-8-27)48-17-16-43(31(46)24-2-4-25(5-3-24)33(36,37)38)19-32(47,20-44-22-39-21-40-44)29-11-6-26(34)18-30(29)35/h2-11,18,21-22,47H,12-17,19-20H2,1H3. The van der Waals surface area contributed by atoms with Gasteiger partial charge in [0.25, 0.3) is 5.91 Å². The number of nitrogens with zero attached hydrogens (tertiary/aromatic N) is 6. The van der Waals surface area contributed by atoms with E-state index in [0.29, 0.717) is 38.0 Å².